The van der Waals surface area contributed by atoms with Crippen molar-refractivity contribution in [2.45, 2.75) is 17.7 Å². The molecular formula is C13H16N2O4S. The van der Waals surface area contributed by atoms with E-state index in [1.54, 1.807) is 24.3 Å². The van der Waals surface area contributed by atoms with E-state index in [1.807, 2.05) is 0 Å². The number of primary amides is 1. The lowest BCUT2D eigenvalue weighted by atomic mass is 10.2. The summed E-state index contributed by atoms with van der Waals surface area (Å²) in [6, 6.07) is 6.88. The number of aliphatic carboxylic acids is 1. The summed E-state index contributed by atoms with van der Waals surface area (Å²) in [5, 5.41) is 11.2. The molecular weight excluding hydrogens is 280 g/mol. The van der Waals surface area contributed by atoms with Crippen molar-refractivity contribution in [2.75, 3.05) is 12.3 Å². The summed E-state index contributed by atoms with van der Waals surface area (Å²) < 4.78 is 0. The fraction of sp³-hybridized carbons (Fsp3) is 0.308. The summed E-state index contributed by atoms with van der Waals surface area (Å²) in [6.07, 6.45) is 0.385. The largest absolute Gasteiger partial charge is 0.481 e. The van der Waals surface area contributed by atoms with Gasteiger partial charge in [-0.1, -0.05) is 12.1 Å². The van der Waals surface area contributed by atoms with E-state index in [1.165, 1.54) is 11.8 Å². The quantitative estimate of drug-likeness (QED) is 0.487. The summed E-state index contributed by atoms with van der Waals surface area (Å²) in [7, 11) is 0. The predicted molar refractivity (Wildman–Crippen MR) is 75.6 cm³/mol. The molecule has 108 valence electrons. The molecule has 0 spiro atoms. The molecule has 0 fully saturated rings. The molecule has 0 aromatic heterocycles. The van der Waals surface area contributed by atoms with E-state index in [4.69, 9.17) is 10.8 Å². The van der Waals surface area contributed by atoms with Crippen molar-refractivity contribution in [2.24, 2.45) is 5.73 Å². The molecule has 6 nitrogen and oxygen atoms in total. The van der Waals surface area contributed by atoms with Gasteiger partial charge < -0.3 is 16.2 Å². The fourth-order valence-corrected chi connectivity index (χ4v) is 2.25. The molecule has 0 aliphatic heterocycles. The fourth-order valence-electron chi connectivity index (χ4n) is 1.47. The standard InChI is InChI=1S/C13H16N2O4S/c14-11(16)8-20-10-5-2-1-4-9(10)13(19)15-7-3-6-12(17)18/h1-2,4-5H,3,6-8H2,(H2,14,16)(H,15,19)(H,17,18). The Hall–Kier alpha value is -2.02. The van der Waals surface area contributed by atoms with Gasteiger partial charge in [0.15, 0.2) is 0 Å². The number of carboxylic acid groups (broad SMARTS) is 1. The zero-order chi connectivity index (χ0) is 15.0. The van der Waals surface area contributed by atoms with E-state index < -0.39 is 11.9 Å². The lowest BCUT2D eigenvalue weighted by molar-refractivity contribution is -0.137. The van der Waals surface area contributed by atoms with Crippen molar-refractivity contribution in [3.05, 3.63) is 29.8 Å². The van der Waals surface area contributed by atoms with E-state index in [0.717, 1.165) is 0 Å². The molecule has 0 bridgehead atoms. The Morgan fingerprint density at radius 2 is 1.95 bits per heavy atom. The Kier molecular flexibility index (Phi) is 6.58. The molecule has 1 aromatic carbocycles. The van der Waals surface area contributed by atoms with Gasteiger partial charge in [0.05, 0.1) is 11.3 Å². The summed E-state index contributed by atoms with van der Waals surface area (Å²) in [6.45, 7) is 0.292. The van der Waals surface area contributed by atoms with E-state index in [2.05, 4.69) is 5.32 Å². The normalized spacial score (nSPS) is 10.0. The van der Waals surface area contributed by atoms with Crippen LogP contribution in [-0.4, -0.2) is 35.2 Å². The molecule has 1 rings (SSSR count). The first-order valence-corrected chi connectivity index (χ1v) is 6.99. The van der Waals surface area contributed by atoms with Gasteiger partial charge in [-0.05, 0) is 18.6 Å². The van der Waals surface area contributed by atoms with Crippen molar-refractivity contribution in [3.63, 3.8) is 0 Å². The molecule has 0 atom stereocenters. The highest BCUT2D eigenvalue weighted by atomic mass is 32.2. The molecule has 1 aromatic rings. The van der Waals surface area contributed by atoms with Crippen molar-refractivity contribution in [3.8, 4) is 0 Å². The first kappa shape index (κ1) is 16.0. The molecule has 0 saturated heterocycles. The van der Waals surface area contributed by atoms with Crippen LogP contribution in [0.5, 0.6) is 0 Å². The zero-order valence-corrected chi connectivity index (χ0v) is 11.6. The molecule has 7 heteroatoms. The van der Waals surface area contributed by atoms with Gasteiger partial charge in [-0.15, -0.1) is 11.8 Å². The van der Waals surface area contributed by atoms with Crippen molar-refractivity contribution in [1.82, 2.24) is 5.32 Å². The van der Waals surface area contributed by atoms with E-state index in [0.29, 0.717) is 23.4 Å². The van der Waals surface area contributed by atoms with Gasteiger partial charge in [-0.2, -0.15) is 0 Å². The second-order valence-corrected chi connectivity index (χ2v) is 5.02. The number of carbonyl (C=O) groups is 3. The molecule has 4 N–H and O–H groups in total. The highest BCUT2D eigenvalue weighted by Gasteiger charge is 2.11. The minimum absolute atomic E-state index is 0.0123. The van der Waals surface area contributed by atoms with Crippen LogP contribution in [0.2, 0.25) is 0 Å². The molecule has 0 unspecified atom stereocenters. The van der Waals surface area contributed by atoms with Crippen molar-refractivity contribution in [1.29, 1.82) is 0 Å². The van der Waals surface area contributed by atoms with Crippen LogP contribution in [0.1, 0.15) is 23.2 Å². The number of hydrogen-bond donors (Lipinski definition) is 3. The van der Waals surface area contributed by atoms with Crippen molar-refractivity contribution < 1.29 is 19.5 Å². The summed E-state index contributed by atoms with van der Waals surface area (Å²) >= 11 is 1.20. The summed E-state index contributed by atoms with van der Waals surface area (Å²) in [5.74, 6) is -1.53. The topological polar surface area (TPSA) is 109 Å². The number of nitrogens with two attached hydrogens (primary N) is 1. The third-order valence-corrected chi connectivity index (χ3v) is 3.45. The minimum Gasteiger partial charge on any atom is -0.481 e. The first-order valence-electron chi connectivity index (χ1n) is 6.01. The SMILES string of the molecule is NC(=O)CSc1ccccc1C(=O)NCCCC(=O)O. The Morgan fingerprint density at radius 1 is 1.25 bits per heavy atom. The third-order valence-electron chi connectivity index (χ3n) is 2.35. The van der Waals surface area contributed by atoms with Crippen LogP contribution >= 0.6 is 11.8 Å². The smallest absolute Gasteiger partial charge is 0.303 e. The van der Waals surface area contributed by atoms with Crippen molar-refractivity contribution >= 4 is 29.5 Å². The van der Waals surface area contributed by atoms with Gasteiger partial charge >= 0.3 is 5.97 Å². The second-order valence-electron chi connectivity index (χ2n) is 4.00. The van der Waals surface area contributed by atoms with Gasteiger partial charge in [0.2, 0.25) is 5.91 Å². The molecule has 0 heterocycles. The monoisotopic (exact) mass is 296 g/mol. The molecule has 0 aliphatic rings. The molecule has 0 aliphatic carbocycles. The maximum Gasteiger partial charge on any atom is 0.303 e. The molecule has 0 radical (unpaired) electrons. The lowest BCUT2D eigenvalue weighted by Crippen LogP contribution is -2.25. The molecule has 2 amide bonds. The van der Waals surface area contributed by atoms with Crippen LogP contribution < -0.4 is 11.1 Å². The number of thioether (sulfide) groups is 1. The lowest BCUT2D eigenvalue weighted by Gasteiger charge is -2.08. The van der Waals surface area contributed by atoms with E-state index in [9.17, 15) is 14.4 Å². The van der Waals surface area contributed by atoms with Gasteiger partial charge in [0, 0.05) is 17.9 Å². The molecule has 20 heavy (non-hydrogen) atoms. The maximum atomic E-state index is 12.0. The number of benzene rings is 1. The Morgan fingerprint density at radius 3 is 2.60 bits per heavy atom. The average Bonchev–Trinajstić information content (AvgIpc) is 2.41. The minimum atomic E-state index is -0.892. The van der Waals surface area contributed by atoms with Crippen LogP contribution in [0.4, 0.5) is 0 Å². The van der Waals surface area contributed by atoms with Crippen LogP contribution in [0, 0.1) is 0 Å². The van der Waals surface area contributed by atoms with Gasteiger partial charge in [0.25, 0.3) is 5.91 Å². The summed E-state index contributed by atoms with van der Waals surface area (Å²) in [4.78, 5) is 33.8. The Balaban J connectivity index is 2.58. The Bertz CT molecular complexity index is 505. The van der Waals surface area contributed by atoms with Gasteiger partial charge in [-0.3, -0.25) is 14.4 Å². The van der Waals surface area contributed by atoms with Crippen LogP contribution in [0.15, 0.2) is 29.2 Å². The average molecular weight is 296 g/mol. The van der Waals surface area contributed by atoms with Gasteiger partial charge in [0.1, 0.15) is 0 Å². The van der Waals surface area contributed by atoms with Gasteiger partial charge in [-0.25, -0.2) is 0 Å². The number of carbonyl (C=O) groups excluding carboxylic acids is 2. The maximum absolute atomic E-state index is 12.0. The number of rotatable bonds is 8. The molecule has 0 saturated carbocycles. The predicted octanol–water partition coefficient (Wildman–Crippen LogP) is 0.859. The van der Waals surface area contributed by atoms with E-state index >= 15 is 0 Å². The summed E-state index contributed by atoms with van der Waals surface area (Å²) in [5.41, 5.74) is 5.53. The van der Waals surface area contributed by atoms with Crippen LogP contribution in [0.3, 0.4) is 0 Å². The first-order chi connectivity index (χ1) is 9.50. The number of hydrogen-bond acceptors (Lipinski definition) is 4. The van der Waals surface area contributed by atoms with Crippen LogP contribution in [-0.2, 0) is 9.59 Å². The van der Waals surface area contributed by atoms with Crippen LogP contribution in [0.25, 0.3) is 0 Å². The second kappa shape index (κ2) is 8.21. The highest BCUT2D eigenvalue weighted by molar-refractivity contribution is 8.00. The number of nitrogens with one attached hydrogen (secondary N) is 1. The number of amides is 2. The number of carboxylic acids is 1. The highest BCUT2D eigenvalue weighted by Crippen LogP contribution is 2.22. The Labute approximate surface area is 120 Å². The third kappa shape index (κ3) is 5.75. The zero-order valence-electron chi connectivity index (χ0n) is 10.8. The van der Waals surface area contributed by atoms with E-state index in [-0.39, 0.29) is 18.1 Å².